The van der Waals surface area contributed by atoms with E-state index in [-0.39, 0.29) is 12.0 Å². The van der Waals surface area contributed by atoms with Gasteiger partial charge >= 0.3 is 0 Å². The van der Waals surface area contributed by atoms with Gasteiger partial charge < -0.3 is 15.8 Å². The van der Waals surface area contributed by atoms with E-state index in [2.05, 4.69) is 5.32 Å². The standard InChI is InChI=1S/C18H21ClN2O2/c1-12-7-9-14(10-8-12)17(20)18(22)21-11-13(2)23-16-6-4-3-5-15(16)19/h3-10,13,17H,11,20H2,1-2H3,(H,21,22). The minimum absolute atomic E-state index is 0.218. The summed E-state index contributed by atoms with van der Waals surface area (Å²) in [4.78, 5) is 12.1. The molecule has 0 fully saturated rings. The van der Waals surface area contributed by atoms with Crippen LogP contribution in [0.3, 0.4) is 0 Å². The maximum atomic E-state index is 12.1. The predicted octanol–water partition coefficient (Wildman–Crippen LogP) is 3.23. The van der Waals surface area contributed by atoms with Crippen LogP contribution < -0.4 is 15.8 Å². The Morgan fingerprint density at radius 1 is 1.22 bits per heavy atom. The van der Waals surface area contributed by atoms with Gasteiger partial charge in [-0.15, -0.1) is 0 Å². The van der Waals surface area contributed by atoms with Gasteiger partial charge in [0, 0.05) is 0 Å². The van der Waals surface area contributed by atoms with Gasteiger partial charge in [-0.3, -0.25) is 4.79 Å². The first kappa shape index (κ1) is 17.3. The Morgan fingerprint density at radius 3 is 2.52 bits per heavy atom. The van der Waals surface area contributed by atoms with Crippen molar-refractivity contribution in [2.75, 3.05) is 6.54 Å². The number of halogens is 1. The number of hydrogen-bond acceptors (Lipinski definition) is 3. The van der Waals surface area contributed by atoms with Gasteiger partial charge in [0.05, 0.1) is 11.6 Å². The molecule has 0 spiro atoms. The van der Waals surface area contributed by atoms with Crippen molar-refractivity contribution in [1.29, 1.82) is 0 Å². The second-order valence-corrected chi connectivity index (χ2v) is 5.90. The molecule has 2 aromatic rings. The van der Waals surface area contributed by atoms with Gasteiger partial charge in [0.15, 0.2) is 0 Å². The lowest BCUT2D eigenvalue weighted by Crippen LogP contribution is -2.39. The number of rotatable bonds is 6. The first-order valence-electron chi connectivity index (χ1n) is 7.48. The fraction of sp³-hybridized carbons (Fsp3) is 0.278. The topological polar surface area (TPSA) is 64.4 Å². The first-order chi connectivity index (χ1) is 11.0. The third-order valence-corrected chi connectivity index (χ3v) is 3.76. The van der Waals surface area contributed by atoms with Crippen LogP contribution in [0.4, 0.5) is 0 Å². The maximum Gasteiger partial charge on any atom is 0.241 e. The molecule has 1 amide bonds. The minimum atomic E-state index is -0.692. The summed E-state index contributed by atoms with van der Waals surface area (Å²) in [6.07, 6.45) is -0.218. The zero-order valence-electron chi connectivity index (χ0n) is 13.3. The van der Waals surface area contributed by atoms with Crippen molar-refractivity contribution in [3.8, 4) is 5.75 Å². The van der Waals surface area contributed by atoms with Crippen molar-refractivity contribution in [3.05, 3.63) is 64.7 Å². The molecule has 0 aliphatic heterocycles. The normalized spacial score (nSPS) is 13.2. The number of nitrogens with one attached hydrogen (secondary N) is 1. The molecule has 0 aromatic heterocycles. The summed E-state index contributed by atoms with van der Waals surface area (Å²) in [5.74, 6) is 0.363. The highest BCUT2D eigenvalue weighted by molar-refractivity contribution is 6.32. The highest BCUT2D eigenvalue weighted by atomic mass is 35.5. The molecule has 0 aliphatic rings. The molecule has 0 saturated heterocycles. The zero-order chi connectivity index (χ0) is 16.8. The summed E-state index contributed by atoms with van der Waals surface area (Å²) in [6, 6.07) is 14.1. The van der Waals surface area contributed by atoms with Crippen molar-refractivity contribution in [2.45, 2.75) is 26.0 Å². The third-order valence-electron chi connectivity index (χ3n) is 3.45. The Labute approximate surface area is 141 Å². The summed E-state index contributed by atoms with van der Waals surface area (Å²) in [6.45, 7) is 4.20. The van der Waals surface area contributed by atoms with Crippen molar-refractivity contribution in [3.63, 3.8) is 0 Å². The lowest BCUT2D eigenvalue weighted by Gasteiger charge is -2.18. The smallest absolute Gasteiger partial charge is 0.241 e. The lowest BCUT2D eigenvalue weighted by molar-refractivity contribution is -0.122. The van der Waals surface area contributed by atoms with Crippen LogP contribution in [0.15, 0.2) is 48.5 Å². The molecule has 3 N–H and O–H groups in total. The summed E-state index contributed by atoms with van der Waals surface area (Å²) in [5, 5.41) is 3.35. The molecule has 2 aromatic carbocycles. The Morgan fingerprint density at radius 2 is 1.87 bits per heavy atom. The third kappa shape index (κ3) is 4.98. The molecule has 0 bridgehead atoms. The van der Waals surface area contributed by atoms with Crippen LogP contribution in [0.2, 0.25) is 5.02 Å². The number of aryl methyl sites for hydroxylation is 1. The minimum Gasteiger partial charge on any atom is -0.487 e. The van der Waals surface area contributed by atoms with Crippen molar-refractivity contribution in [1.82, 2.24) is 5.32 Å². The molecular formula is C18H21ClN2O2. The second kappa shape index (κ2) is 7.99. The van der Waals surface area contributed by atoms with Gasteiger partial charge in [-0.2, -0.15) is 0 Å². The lowest BCUT2D eigenvalue weighted by atomic mass is 10.1. The van der Waals surface area contributed by atoms with E-state index in [9.17, 15) is 4.79 Å². The van der Waals surface area contributed by atoms with Crippen LogP contribution >= 0.6 is 11.6 Å². The van der Waals surface area contributed by atoms with E-state index in [1.165, 1.54) is 0 Å². The van der Waals surface area contributed by atoms with Crippen LogP contribution in [0.1, 0.15) is 24.1 Å². The average Bonchev–Trinajstić information content (AvgIpc) is 2.55. The highest BCUT2D eigenvalue weighted by Crippen LogP contribution is 2.24. The number of amides is 1. The maximum absolute atomic E-state index is 12.1. The first-order valence-corrected chi connectivity index (χ1v) is 7.86. The van der Waals surface area contributed by atoms with E-state index >= 15 is 0 Å². The molecule has 122 valence electrons. The molecule has 5 heteroatoms. The average molecular weight is 333 g/mol. The number of carbonyl (C=O) groups is 1. The van der Waals surface area contributed by atoms with Crippen molar-refractivity contribution >= 4 is 17.5 Å². The predicted molar refractivity (Wildman–Crippen MR) is 92.7 cm³/mol. The molecular weight excluding hydrogens is 312 g/mol. The molecule has 0 aliphatic carbocycles. The number of hydrogen-bond donors (Lipinski definition) is 2. The molecule has 4 nitrogen and oxygen atoms in total. The van der Waals surface area contributed by atoms with E-state index in [1.807, 2.05) is 50.2 Å². The molecule has 0 heterocycles. The van der Waals surface area contributed by atoms with E-state index in [0.29, 0.717) is 17.3 Å². The van der Waals surface area contributed by atoms with Gasteiger partial charge in [-0.05, 0) is 31.5 Å². The molecule has 23 heavy (non-hydrogen) atoms. The number of benzene rings is 2. The summed E-state index contributed by atoms with van der Waals surface area (Å²) >= 11 is 6.04. The van der Waals surface area contributed by atoms with Gasteiger partial charge in [-0.1, -0.05) is 53.6 Å². The summed E-state index contributed by atoms with van der Waals surface area (Å²) in [7, 11) is 0. The van der Waals surface area contributed by atoms with E-state index in [0.717, 1.165) is 11.1 Å². The second-order valence-electron chi connectivity index (χ2n) is 5.49. The van der Waals surface area contributed by atoms with E-state index < -0.39 is 6.04 Å². The molecule has 2 unspecified atom stereocenters. The fourth-order valence-electron chi connectivity index (χ4n) is 2.08. The van der Waals surface area contributed by atoms with Gasteiger partial charge in [0.25, 0.3) is 0 Å². The molecule has 0 saturated carbocycles. The summed E-state index contributed by atoms with van der Waals surface area (Å²) < 4.78 is 5.71. The molecule has 2 rings (SSSR count). The monoisotopic (exact) mass is 332 g/mol. The number of para-hydroxylation sites is 1. The molecule has 2 atom stereocenters. The van der Waals surface area contributed by atoms with Crippen LogP contribution in [0.5, 0.6) is 5.75 Å². The van der Waals surface area contributed by atoms with Gasteiger partial charge in [-0.25, -0.2) is 0 Å². The van der Waals surface area contributed by atoms with E-state index in [1.54, 1.807) is 12.1 Å². The molecule has 0 radical (unpaired) electrons. The largest absolute Gasteiger partial charge is 0.487 e. The number of nitrogens with two attached hydrogens (primary N) is 1. The quantitative estimate of drug-likeness (QED) is 0.853. The highest BCUT2D eigenvalue weighted by Gasteiger charge is 2.16. The van der Waals surface area contributed by atoms with Crippen LogP contribution in [-0.4, -0.2) is 18.6 Å². The summed E-state index contributed by atoms with van der Waals surface area (Å²) in [5.41, 5.74) is 7.89. The van der Waals surface area contributed by atoms with Gasteiger partial charge in [0.2, 0.25) is 5.91 Å². The zero-order valence-corrected chi connectivity index (χ0v) is 14.0. The Balaban J connectivity index is 1.86. The van der Waals surface area contributed by atoms with Crippen molar-refractivity contribution < 1.29 is 9.53 Å². The van der Waals surface area contributed by atoms with Crippen LogP contribution in [-0.2, 0) is 4.79 Å². The Bertz CT molecular complexity index is 658. The van der Waals surface area contributed by atoms with Gasteiger partial charge in [0.1, 0.15) is 17.9 Å². The van der Waals surface area contributed by atoms with E-state index in [4.69, 9.17) is 22.1 Å². The number of carbonyl (C=O) groups excluding carboxylic acids is 1. The SMILES string of the molecule is Cc1ccc(C(N)C(=O)NCC(C)Oc2ccccc2Cl)cc1. The Hall–Kier alpha value is -2.04. The Kier molecular flexibility index (Phi) is 6.02. The van der Waals surface area contributed by atoms with Crippen LogP contribution in [0.25, 0.3) is 0 Å². The van der Waals surface area contributed by atoms with Crippen molar-refractivity contribution in [2.24, 2.45) is 5.73 Å². The fourth-order valence-corrected chi connectivity index (χ4v) is 2.26. The van der Waals surface area contributed by atoms with Crippen LogP contribution in [0, 0.1) is 6.92 Å². The number of ether oxygens (including phenoxy) is 1.